The van der Waals surface area contributed by atoms with Gasteiger partial charge in [0.1, 0.15) is 23.0 Å². The van der Waals surface area contributed by atoms with E-state index in [4.69, 9.17) is 9.47 Å². The molecular formula is C57H42O6S2. The van der Waals surface area contributed by atoms with Crippen molar-refractivity contribution in [3.05, 3.63) is 263 Å². The van der Waals surface area contributed by atoms with Gasteiger partial charge in [-0.1, -0.05) is 133 Å². The maximum atomic E-state index is 13.6. The number of hydrogen-bond acceptors (Lipinski definition) is 6. The lowest BCUT2D eigenvalue weighted by Crippen LogP contribution is -2.28. The Hall–Kier alpha value is -7.52. The average molecular weight is 887 g/mol. The predicted molar refractivity (Wildman–Crippen MR) is 255 cm³/mol. The predicted octanol–water partition coefficient (Wildman–Crippen LogP) is 13.2. The molecule has 0 spiro atoms. The van der Waals surface area contributed by atoms with Crippen LogP contribution in [0.4, 0.5) is 0 Å². The second-order valence-corrected chi connectivity index (χ2v) is 20.1. The highest BCUT2D eigenvalue weighted by Crippen LogP contribution is 2.56. The second-order valence-electron chi connectivity index (χ2n) is 16.2. The Labute approximate surface area is 379 Å². The lowest BCUT2D eigenvalue weighted by atomic mass is 9.68. The first-order chi connectivity index (χ1) is 31.6. The van der Waals surface area contributed by atoms with Crippen molar-refractivity contribution >= 4 is 19.7 Å². The van der Waals surface area contributed by atoms with Crippen molar-refractivity contribution in [3.8, 4) is 34.1 Å². The lowest BCUT2D eigenvalue weighted by Gasteiger charge is -2.34. The Morgan fingerprint density at radius 3 is 1.09 bits per heavy atom. The zero-order chi connectivity index (χ0) is 44.6. The molecule has 0 saturated carbocycles. The molecule has 6 nitrogen and oxygen atoms in total. The van der Waals surface area contributed by atoms with Crippen molar-refractivity contribution in [1.82, 2.24) is 0 Å². The Kier molecular flexibility index (Phi) is 10.8. The van der Waals surface area contributed by atoms with E-state index in [9.17, 15) is 16.8 Å². The number of rotatable bonds is 12. The molecule has 65 heavy (non-hydrogen) atoms. The fraction of sp³-hybridized carbons (Fsp3) is 0.0526. The van der Waals surface area contributed by atoms with Gasteiger partial charge in [-0.15, -0.1) is 0 Å². The van der Waals surface area contributed by atoms with Crippen LogP contribution in [0.1, 0.15) is 38.9 Å². The first-order valence-electron chi connectivity index (χ1n) is 21.3. The molecule has 0 fully saturated rings. The third-order valence-corrected chi connectivity index (χ3v) is 15.7. The van der Waals surface area contributed by atoms with Crippen molar-refractivity contribution in [1.29, 1.82) is 0 Å². The molecule has 0 bridgehead atoms. The molecule has 9 aromatic rings. The van der Waals surface area contributed by atoms with Crippen molar-refractivity contribution in [2.75, 3.05) is 0 Å². The number of aryl methyl sites for hydroxylation is 1. The molecular weight excluding hydrogens is 845 g/mol. The Bertz CT molecular complexity index is 3320. The number of benzene rings is 9. The van der Waals surface area contributed by atoms with E-state index in [2.05, 4.69) is 84.9 Å². The monoisotopic (exact) mass is 886 g/mol. The number of ether oxygens (including phenoxy) is 2. The molecule has 0 unspecified atom stereocenters. The van der Waals surface area contributed by atoms with Crippen LogP contribution >= 0.6 is 0 Å². The van der Waals surface area contributed by atoms with E-state index in [1.54, 1.807) is 84.9 Å². The molecule has 0 aromatic heterocycles. The molecule has 0 amide bonds. The SMILES string of the molecule is Cc1ccc(S(=O)(=O)c2ccc(Oc3ccc(C4(c5ccc(Oc6ccc(S(=O)(=O)c7ccc(Cc8ccccc8)cc7)cc6)cc5)c5ccccc5-c5ccccc54)cc3)cc2)cc1. The minimum absolute atomic E-state index is 0.190. The van der Waals surface area contributed by atoms with Crippen LogP contribution in [0.2, 0.25) is 0 Å². The van der Waals surface area contributed by atoms with Crippen LogP contribution in [0.3, 0.4) is 0 Å². The van der Waals surface area contributed by atoms with E-state index in [1.807, 2.05) is 61.5 Å². The van der Waals surface area contributed by atoms with Crippen LogP contribution in [-0.4, -0.2) is 16.8 Å². The Morgan fingerprint density at radius 1 is 0.354 bits per heavy atom. The van der Waals surface area contributed by atoms with Gasteiger partial charge in [0.05, 0.1) is 25.0 Å². The summed E-state index contributed by atoms with van der Waals surface area (Å²) in [6.45, 7) is 1.92. The summed E-state index contributed by atoms with van der Waals surface area (Å²) in [7, 11) is -7.40. The van der Waals surface area contributed by atoms with Crippen LogP contribution in [0.5, 0.6) is 23.0 Å². The molecule has 1 aliphatic carbocycles. The van der Waals surface area contributed by atoms with Gasteiger partial charge in [0.15, 0.2) is 0 Å². The summed E-state index contributed by atoms with van der Waals surface area (Å²) in [6, 6.07) is 70.1. The first kappa shape index (κ1) is 41.5. The topological polar surface area (TPSA) is 86.7 Å². The zero-order valence-corrected chi connectivity index (χ0v) is 37.0. The van der Waals surface area contributed by atoms with Gasteiger partial charge in [-0.05, 0) is 155 Å². The molecule has 0 N–H and O–H groups in total. The summed E-state index contributed by atoms with van der Waals surface area (Å²) >= 11 is 0. The smallest absolute Gasteiger partial charge is 0.206 e. The van der Waals surface area contributed by atoms with E-state index in [1.165, 1.54) is 0 Å². The minimum atomic E-state index is -3.73. The molecule has 0 aliphatic heterocycles. The molecule has 9 aromatic carbocycles. The fourth-order valence-electron chi connectivity index (χ4n) is 8.82. The summed E-state index contributed by atoms with van der Waals surface area (Å²) in [5.41, 5.74) is 9.21. The summed E-state index contributed by atoms with van der Waals surface area (Å²) in [4.78, 5) is 0.872. The van der Waals surface area contributed by atoms with Crippen LogP contribution in [-0.2, 0) is 31.5 Å². The van der Waals surface area contributed by atoms with Gasteiger partial charge in [-0.3, -0.25) is 0 Å². The van der Waals surface area contributed by atoms with Crippen LogP contribution in [0.15, 0.2) is 244 Å². The Balaban J connectivity index is 0.901. The summed E-state index contributed by atoms with van der Waals surface area (Å²) < 4.78 is 66.2. The lowest BCUT2D eigenvalue weighted by molar-refractivity contribution is 0.481. The van der Waals surface area contributed by atoms with E-state index >= 15 is 0 Å². The summed E-state index contributed by atoms with van der Waals surface area (Å²) in [5.74, 6) is 2.24. The van der Waals surface area contributed by atoms with E-state index in [0.29, 0.717) is 23.0 Å². The van der Waals surface area contributed by atoms with Gasteiger partial charge < -0.3 is 9.47 Å². The van der Waals surface area contributed by atoms with Crippen molar-refractivity contribution in [2.45, 2.75) is 38.3 Å². The van der Waals surface area contributed by atoms with Crippen molar-refractivity contribution in [2.24, 2.45) is 0 Å². The molecule has 10 rings (SSSR count). The third-order valence-electron chi connectivity index (χ3n) is 12.1. The Morgan fingerprint density at radius 2 is 0.677 bits per heavy atom. The molecule has 1 aliphatic rings. The van der Waals surface area contributed by atoms with Crippen LogP contribution < -0.4 is 9.47 Å². The fourth-order valence-corrected chi connectivity index (χ4v) is 11.3. The molecule has 0 heterocycles. The van der Waals surface area contributed by atoms with Crippen molar-refractivity contribution < 1.29 is 26.3 Å². The van der Waals surface area contributed by atoms with Gasteiger partial charge in [-0.25, -0.2) is 16.8 Å². The molecule has 0 radical (unpaired) electrons. The van der Waals surface area contributed by atoms with Crippen LogP contribution in [0, 0.1) is 6.92 Å². The van der Waals surface area contributed by atoms with E-state index in [0.717, 1.165) is 56.5 Å². The first-order valence-corrected chi connectivity index (χ1v) is 24.2. The van der Waals surface area contributed by atoms with Gasteiger partial charge in [0, 0.05) is 0 Å². The van der Waals surface area contributed by atoms with E-state index in [-0.39, 0.29) is 19.6 Å². The maximum absolute atomic E-state index is 13.6. The standard InChI is InChI=1S/C57H42O6S2/c1-40-15-31-49(32-16-40)64(58,59)51-35-27-47(28-36-51)62-45-23-19-43(20-24-45)57(55-13-7-5-11-53(55)54-12-6-8-14-56(54)57)44-21-25-46(26-22-44)63-48-29-37-52(38-30-48)65(60,61)50-33-17-42(18-34-50)39-41-9-3-2-4-10-41/h2-38H,39H2,1H3. The van der Waals surface area contributed by atoms with Crippen molar-refractivity contribution in [3.63, 3.8) is 0 Å². The normalized spacial score (nSPS) is 12.8. The summed E-state index contributed by atoms with van der Waals surface area (Å²) in [5, 5.41) is 0. The van der Waals surface area contributed by atoms with Gasteiger partial charge in [0.25, 0.3) is 0 Å². The largest absolute Gasteiger partial charge is 0.457 e. The molecule has 318 valence electrons. The summed E-state index contributed by atoms with van der Waals surface area (Å²) in [6.07, 6.45) is 0.726. The number of sulfone groups is 2. The molecule has 0 saturated heterocycles. The van der Waals surface area contributed by atoms with Crippen LogP contribution in [0.25, 0.3) is 11.1 Å². The van der Waals surface area contributed by atoms with Gasteiger partial charge >= 0.3 is 0 Å². The minimum Gasteiger partial charge on any atom is -0.457 e. The molecule has 0 atom stereocenters. The molecule has 8 heteroatoms. The highest BCUT2D eigenvalue weighted by atomic mass is 32.2. The maximum Gasteiger partial charge on any atom is 0.206 e. The quantitative estimate of drug-likeness (QED) is 0.121. The number of hydrogen-bond donors (Lipinski definition) is 0. The van der Waals surface area contributed by atoms with Gasteiger partial charge in [0.2, 0.25) is 19.7 Å². The highest BCUT2D eigenvalue weighted by Gasteiger charge is 2.46. The average Bonchev–Trinajstić information content (AvgIpc) is 3.64. The highest BCUT2D eigenvalue weighted by molar-refractivity contribution is 7.91. The zero-order valence-electron chi connectivity index (χ0n) is 35.3. The van der Waals surface area contributed by atoms with Gasteiger partial charge in [-0.2, -0.15) is 0 Å². The second kappa shape index (κ2) is 16.9. The van der Waals surface area contributed by atoms with E-state index < -0.39 is 25.1 Å². The number of fused-ring (bicyclic) bond motifs is 3. The third kappa shape index (κ3) is 7.81.